The van der Waals surface area contributed by atoms with E-state index in [4.69, 9.17) is 13.9 Å². The summed E-state index contributed by atoms with van der Waals surface area (Å²) < 4.78 is 17.9. The molecule has 1 aliphatic rings. The largest absolute Gasteiger partial charge is 0.497 e. The molecule has 4 aromatic rings. The van der Waals surface area contributed by atoms with Gasteiger partial charge in [-0.2, -0.15) is 4.98 Å². The van der Waals surface area contributed by atoms with Crippen LogP contribution in [0.1, 0.15) is 18.5 Å². The summed E-state index contributed by atoms with van der Waals surface area (Å²) in [5.41, 5.74) is 2.59. The topological polar surface area (TPSA) is 103 Å². The number of aromatic nitrogens is 3. The Balaban J connectivity index is 1.59. The Labute approximate surface area is 196 Å². The lowest BCUT2D eigenvalue weighted by atomic mass is 9.95. The molecule has 1 aliphatic heterocycles. The number of carbonyl (C=O) groups excluding carboxylic acids is 1. The van der Waals surface area contributed by atoms with Crippen molar-refractivity contribution in [1.29, 1.82) is 0 Å². The number of ether oxygens (including phenoxy) is 2. The number of rotatable bonds is 6. The maximum Gasteiger partial charge on any atom is 0.255 e. The minimum Gasteiger partial charge on any atom is -0.497 e. The Kier molecular flexibility index (Phi) is 5.51. The highest BCUT2D eigenvalue weighted by Gasteiger charge is 2.35. The van der Waals surface area contributed by atoms with Gasteiger partial charge in [0.05, 0.1) is 31.7 Å². The van der Waals surface area contributed by atoms with Gasteiger partial charge in [0.25, 0.3) is 5.91 Å². The van der Waals surface area contributed by atoms with Crippen LogP contribution in [-0.2, 0) is 4.79 Å². The number of benzene rings is 2. The summed E-state index contributed by atoms with van der Waals surface area (Å²) in [7, 11) is 3.18. The van der Waals surface area contributed by atoms with E-state index in [0.717, 1.165) is 5.56 Å². The van der Waals surface area contributed by atoms with E-state index >= 15 is 0 Å². The molecule has 0 saturated carbocycles. The number of hydrogen-bond acceptors (Lipinski definition) is 7. The molecule has 0 aliphatic carbocycles. The van der Waals surface area contributed by atoms with Gasteiger partial charge in [-0.05, 0) is 48.9 Å². The van der Waals surface area contributed by atoms with Crippen molar-refractivity contribution < 1.29 is 18.7 Å². The molecular weight excluding hydrogens is 434 g/mol. The molecule has 0 unspecified atom stereocenters. The second kappa shape index (κ2) is 8.78. The molecule has 2 N–H and O–H groups in total. The monoisotopic (exact) mass is 457 g/mol. The van der Waals surface area contributed by atoms with Gasteiger partial charge >= 0.3 is 0 Å². The maximum atomic E-state index is 13.6. The second-order valence-corrected chi connectivity index (χ2v) is 7.67. The van der Waals surface area contributed by atoms with Crippen molar-refractivity contribution in [3.63, 3.8) is 0 Å². The van der Waals surface area contributed by atoms with E-state index in [1.807, 2.05) is 43.3 Å². The zero-order valence-electron chi connectivity index (χ0n) is 18.9. The third-order valence-electron chi connectivity index (χ3n) is 5.63. The van der Waals surface area contributed by atoms with Gasteiger partial charge < -0.3 is 24.5 Å². The first-order chi connectivity index (χ1) is 16.6. The van der Waals surface area contributed by atoms with E-state index in [2.05, 4.69) is 20.7 Å². The van der Waals surface area contributed by atoms with E-state index in [9.17, 15) is 4.79 Å². The van der Waals surface area contributed by atoms with Gasteiger partial charge in [-0.1, -0.05) is 24.3 Å². The minimum absolute atomic E-state index is 0.281. The summed E-state index contributed by atoms with van der Waals surface area (Å²) in [4.78, 5) is 18.2. The standard InChI is InChI=1S/C25H23N5O4/c1-15-21(24(31)27-18-7-4-5-8-19(18)33-3)22(16-10-12-17(32-2)13-11-16)30-25(26-15)28-23(29-30)20-9-6-14-34-20/h4-14,22H,1-3H3,(H,27,31)(H,26,28,29)/t22-/m1/s1. The number of para-hydroxylation sites is 2. The van der Waals surface area contributed by atoms with Crippen molar-refractivity contribution in [2.45, 2.75) is 13.0 Å². The van der Waals surface area contributed by atoms with Crippen LogP contribution in [0, 0.1) is 0 Å². The predicted molar refractivity (Wildman–Crippen MR) is 127 cm³/mol. The summed E-state index contributed by atoms with van der Waals surface area (Å²) in [5.74, 6) is 2.48. The summed E-state index contributed by atoms with van der Waals surface area (Å²) in [6.07, 6.45) is 1.57. The zero-order valence-corrected chi connectivity index (χ0v) is 18.9. The van der Waals surface area contributed by atoms with Gasteiger partial charge in [0, 0.05) is 5.70 Å². The van der Waals surface area contributed by atoms with Crippen LogP contribution in [0.4, 0.5) is 11.6 Å². The van der Waals surface area contributed by atoms with Crippen molar-refractivity contribution >= 4 is 17.5 Å². The van der Waals surface area contributed by atoms with Crippen LogP contribution in [0.15, 0.2) is 82.6 Å². The molecule has 0 spiro atoms. The number of nitrogens with zero attached hydrogens (tertiary/aromatic N) is 3. The van der Waals surface area contributed by atoms with Crippen LogP contribution in [0.3, 0.4) is 0 Å². The highest BCUT2D eigenvalue weighted by Crippen LogP contribution is 2.38. The molecule has 2 aromatic carbocycles. The van der Waals surface area contributed by atoms with Crippen molar-refractivity contribution in [1.82, 2.24) is 14.8 Å². The number of hydrogen-bond donors (Lipinski definition) is 2. The van der Waals surface area contributed by atoms with E-state index in [0.29, 0.717) is 46.0 Å². The van der Waals surface area contributed by atoms with Crippen molar-refractivity contribution in [3.05, 3.63) is 83.8 Å². The number of anilines is 2. The number of furan rings is 1. The van der Waals surface area contributed by atoms with Crippen molar-refractivity contribution in [2.75, 3.05) is 24.9 Å². The lowest BCUT2D eigenvalue weighted by molar-refractivity contribution is -0.113. The highest BCUT2D eigenvalue weighted by molar-refractivity contribution is 6.06. The summed E-state index contributed by atoms with van der Waals surface area (Å²) in [6.45, 7) is 1.85. The van der Waals surface area contributed by atoms with Crippen LogP contribution in [0.5, 0.6) is 11.5 Å². The zero-order chi connectivity index (χ0) is 23.7. The number of nitrogens with one attached hydrogen (secondary N) is 2. The van der Waals surface area contributed by atoms with Gasteiger partial charge in [0.1, 0.15) is 17.5 Å². The quantitative estimate of drug-likeness (QED) is 0.440. The molecule has 0 bridgehead atoms. The first kappa shape index (κ1) is 21.3. The van der Waals surface area contributed by atoms with Crippen LogP contribution in [0.25, 0.3) is 11.6 Å². The molecule has 5 rings (SSSR count). The van der Waals surface area contributed by atoms with Crippen LogP contribution in [0.2, 0.25) is 0 Å². The lowest BCUT2D eigenvalue weighted by Crippen LogP contribution is -2.31. The fourth-order valence-corrected chi connectivity index (χ4v) is 3.99. The molecule has 34 heavy (non-hydrogen) atoms. The average Bonchev–Trinajstić information content (AvgIpc) is 3.53. The fraction of sp³-hybridized carbons (Fsp3) is 0.160. The Morgan fingerprint density at radius 2 is 1.85 bits per heavy atom. The predicted octanol–water partition coefficient (Wildman–Crippen LogP) is 4.48. The van der Waals surface area contributed by atoms with Crippen LogP contribution < -0.4 is 20.1 Å². The Hall–Kier alpha value is -4.53. The third-order valence-corrected chi connectivity index (χ3v) is 5.63. The molecule has 172 valence electrons. The lowest BCUT2D eigenvalue weighted by Gasteiger charge is -2.29. The number of allylic oxidation sites excluding steroid dienone is 1. The molecule has 0 fully saturated rings. The SMILES string of the molecule is COc1ccc([C@@H]2C(C(=O)Nc3ccccc3OC)=C(C)Nc3nc(-c4ccco4)nn32)cc1. The fourth-order valence-electron chi connectivity index (χ4n) is 3.99. The normalized spacial score (nSPS) is 14.9. The second-order valence-electron chi connectivity index (χ2n) is 7.67. The Morgan fingerprint density at radius 3 is 2.56 bits per heavy atom. The Bertz CT molecular complexity index is 1360. The molecule has 3 heterocycles. The summed E-state index contributed by atoms with van der Waals surface area (Å²) in [6, 6.07) is 17.8. The average molecular weight is 457 g/mol. The van der Waals surface area contributed by atoms with Gasteiger partial charge in [-0.15, -0.1) is 5.10 Å². The third kappa shape index (κ3) is 3.77. The van der Waals surface area contributed by atoms with E-state index in [-0.39, 0.29) is 5.91 Å². The Morgan fingerprint density at radius 1 is 1.06 bits per heavy atom. The minimum atomic E-state index is -0.534. The summed E-state index contributed by atoms with van der Waals surface area (Å²) >= 11 is 0. The molecule has 1 amide bonds. The van der Waals surface area contributed by atoms with Gasteiger partial charge in [-0.25, -0.2) is 4.68 Å². The van der Waals surface area contributed by atoms with Crippen molar-refractivity contribution in [3.8, 4) is 23.1 Å². The van der Waals surface area contributed by atoms with Gasteiger partial charge in [0.2, 0.25) is 11.8 Å². The number of carbonyl (C=O) groups is 1. The van der Waals surface area contributed by atoms with Crippen LogP contribution in [-0.4, -0.2) is 34.9 Å². The number of amides is 1. The van der Waals surface area contributed by atoms with E-state index in [1.165, 1.54) is 0 Å². The molecule has 9 nitrogen and oxygen atoms in total. The summed E-state index contributed by atoms with van der Waals surface area (Å²) in [5, 5.41) is 10.9. The van der Waals surface area contributed by atoms with E-state index < -0.39 is 6.04 Å². The van der Waals surface area contributed by atoms with Crippen molar-refractivity contribution in [2.24, 2.45) is 0 Å². The highest BCUT2D eigenvalue weighted by atomic mass is 16.5. The molecular formula is C25H23N5O4. The number of methoxy groups -OCH3 is 2. The molecule has 0 radical (unpaired) electrons. The first-order valence-corrected chi connectivity index (χ1v) is 10.7. The first-order valence-electron chi connectivity index (χ1n) is 10.7. The molecule has 9 heteroatoms. The number of fused-ring (bicyclic) bond motifs is 1. The molecule has 0 saturated heterocycles. The van der Waals surface area contributed by atoms with E-state index in [1.54, 1.807) is 49.4 Å². The maximum absolute atomic E-state index is 13.6. The van der Waals surface area contributed by atoms with Gasteiger partial charge in [-0.3, -0.25) is 4.79 Å². The van der Waals surface area contributed by atoms with Crippen LogP contribution >= 0.6 is 0 Å². The molecule has 2 aromatic heterocycles. The molecule has 1 atom stereocenters. The van der Waals surface area contributed by atoms with Gasteiger partial charge in [0.15, 0.2) is 5.76 Å². The smallest absolute Gasteiger partial charge is 0.255 e.